The molecule has 1 aromatic carbocycles. The lowest BCUT2D eigenvalue weighted by Gasteiger charge is -2.20. The number of hydrogen-bond acceptors (Lipinski definition) is 2. The van der Waals surface area contributed by atoms with Crippen molar-refractivity contribution in [2.24, 2.45) is 0 Å². The summed E-state index contributed by atoms with van der Waals surface area (Å²) in [6, 6.07) is 9.12. The standard InChI is InChI=1S/C17H20BrFN2/c1-2-9-21-17(8-5-13-4-3-10-20-12-13)15-11-14(18)6-7-16(15)19/h3-4,6-7,10-12,17,21H,2,5,8-9H2,1H3. The van der Waals surface area contributed by atoms with E-state index < -0.39 is 0 Å². The van der Waals surface area contributed by atoms with Crippen LogP contribution in [0, 0.1) is 5.82 Å². The molecule has 0 radical (unpaired) electrons. The highest BCUT2D eigenvalue weighted by Crippen LogP contribution is 2.25. The molecule has 1 atom stereocenters. The molecule has 0 aliphatic carbocycles. The predicted octanol–water partition coefficient (Wildman–Crippen LogP) is 4.66. The van der Waals surface area contributed by atoms with Crippen LogP contribution in [0.1, 0.15) is 36.9 Å². The average molecular weight is 351 g/mol. The van der Waals surface area contributed by atoms with Crippen LogP contribution >= 0.6 is 15.9 Å². The maximum Gasteiger partial charge on any atom is 0.128 e. The van der Waals surface area contributed by atoms with Crippen LogP contribution in [-0.4, -0.2) is 11.5 Å². The van der Waals surface area contributed by atoms with E-state index in [1.165, 1.54) is 11.6 Å². The zero-order valence-electron chi connectivity index (χ0n) is 12.2. The Morgan fingerprint density at radius 3 is 2.90 bits per heavy atom. The summed E-state index contributed by atoms with van der Waals surface area (Å²) in [5.74, 6) is -0.155. The van der Waals surface area contributed by atoms with E-state index >= 15 is 0 Å². The lowest BCUT2D eigenvalue weighted by Crippen LogP contribution is -2.23. The van der Waals surface area contributed by atoms with Gasteiger partial charge >= 0.3 is 0 Å². The number of benzene rings is 1. The number of aromatic nitrogens is 1. The van der Waals surface area contributed by atoms with E-state index in [4.69, 9.17) is 0 Å². The Hall–Kier alpha value is -1.26. The Morgan fingerprint density at radius 1 is 1.33 bits per heavy atom. The molecule has 0 bridgehead atoms. The van der Waals surface area contributed by atoms with E-state index in [-0.39, 0.29) is 11.9 Å². The lowest BCUT2D eigenvalue weighted by atomic mass is 9.99. The minimum atomic E-state index is -0.155. The molecule has 2 nitrogen and oxygen atoms in total. The van der Waals surface area contributed by atoms with Crippen molar-refractivity contribution in [3.63, 3.8) is 0 Å². The smallest absolute Gasteiger partial charge is 0.128 e. The second-order valence-electron chi connectivity index (χ2n) is 5.07. The molecule has 0 fully saturated rings. The van der Waals surface area contributed by atoms with E-state index in [2.05, 4.69) is 39.2 Å². The molecule has 112 valence electrons. The molecule has 4 heteroatoms. The summed E-state index contributed by atoms with van der Waals surface area (Å²) in [5.41, 5.74) is 1.90. The number of pyridine rings is 1. The van der Waals surface area contributed by atoms with Gasteiger partial charge in [0, 0.05) is 28.5 Å². The van der Waals surface area contributed by atoms with Gasteiger partial charge in [0.05, 0.1) is 0 Å². The second kappa shape index (κ2) is 8.25. The van der Waals surface area contributed by atoms with Gasteiger partial charge in [-0.1, -0.05) is 28.9 Å². The molecule has 2 rings (SSSR count). The van der Waals surface area contributed by atoms with Gasteiger partial charge in [0.2, 0.25) is 0 Å². The fraction of sp³-hybridized carbons (Fsp3) is 0.353. The number of halogens is 2. The van der Waals surface area contributed by atoms with E-state index in [0.29, 0.717) is 0 Å². The largest absolute Gasteiger partial charge is 0.310 e. The third kappa shape index (κ3) is 4.90. The minimum absolute atomic E-state index is 0.0163. The van der Waals surface area contributed by atoms with Gasteiger partial charge < -0.3 is 5.32 Å². The summed E-state index contributed by atoms with van der Waals surface area (Å²) in [6.07, 6.45) is 6.39. The van der Waals surface area contributed by atoms with E-state index in [0.717, 1.165) is 35.8 Å². The van der Waals surface area contributed by atoms with Crippen molar-refractivity contribution < 1.29 is 4.39 Å². The first kappa shape index (κ1) is 16.1. The maximum absolute atomic E-state index is 14.1. The van der Waals surface area contributed by atoms with Crippen molar-refractivity contribution >= 4 is 15.9 Å². The summed E-state index contributed by atoms with van der Waals surface area (Å²) in [5, 5.41) is 3.44. The third-order valence-corrected chi connectivity index (χ3v) is 3.91. The van der Waals surface area contributed by atoms with Gasteiger partial charge in [-0.25, -0.2) is 4.39 Å². The van der Waals surface area contributed by atoms with Crippen LogP contribution in [0.15, 0.2) is 47.2 Å². The molecule has 0 amide bonds. The fourth-order valence-corrected chi connectivity index (χ4v) is 2.70. The lowest BCUT2D eigenvalue weighted by molar-refractivity contribution is 0.473. The van der Waals surface area contributed by atoms with E-state index in [9.17, 15) is 4.39 Å². The molecular weight excluding hydrogens is 331 g/mol. The van der Waals surface area contributed by atoms with Crippen molar-refractivity contribution in [3.8, 4) is 0 Å². The normalized spacial score (nSPS) is 12.3. The number of rotatable bonds is 7. The van der Waals surface area contributed by atoms with Gasteiger partial charge in [-0.15, -0.1) is 0 Å². The van der Waals surface area contributed by atoms with Gasteiger partial charge in [-0.2, -0.15) is 0 Å². The summed E-state index contributed by atoms with van der Waals surface area (Å²) in [7, 11) is 0. The topological polar surface area (TPSA) is 24.9 Å². The highest BCUT2D eigenvalue weighted by atomic mass is 79.9. The van der Waals surface area contributed by atoms with E-state index in [1.54, 1.807) is 12.3 Å². The molecule has 0 saturated carbocycles. The Balaban J connectivity index is 2.12. The summed E-state index contributed by atoms with van der Waals surface area (Å²) in [6.45, 7) is 2.99. The van der Waals surface area contributed by atoms with E-state index in [1.807, 2.05) is 18.3 Å². The highest BCUT2D eigenvalue weighted by Gasteiger charge is 2.15. The van der Waals surface area contributed by atoms with Crippen LogP contribution in [0.2, 0.25) is 0 Å². The molecule has 1 heterocycles. The number of nitrogens with zero attached hydrogens (tertiary/aromatic N) is 1. The van der Waals surface area contributed by atoms with Crippen LogP contribution in [0.3, 0.4) is 0 Å². The van der Waals surface area contributed by atoms with Gasteiger partial charge in [0.1, 0.15) is 5.82 Å². The summed E-state index contributed by atoms with van der Waals surface area (Å²) >= 11 is 3.42. The number of nitrogens with one attached hydrogen (secondary N) is 1. The first-order valence-electron chi connectivity index (χ1n) is 7.28. The number of aryl methyl sites for hydroxylation is 1. The Labute approximate surface area is 133 Å². The van der Waals surface area contributed by atoms with Crippen LogP contribution in [-0.2, 0) is 6.42 Å². The highest BCUT2D eigenvalue weighted by molar-refractivity contribution is 9.10. The average Bonchev–Trinajstić information content (AvgIpc) is 2.51. The predicted molar refractivity (Wildman–Crippen MR) is 87.7 cm³/mol. The third-order valence-electron chi connectivity index (χ3n) is 3.42. The van der Waals surface area contributed by atoms with Crippen LogP contribution in [0.4, 0.5) is 4.39 Å². The fourth-order valence-electron chi connectivity index (χ4n) is 2.32. The van der Waals surface area contributed by atoms with Crippen molar-refractivity contribution in [3.05, 3.63) is 64.1 Å². The Morgan fingerprint density at radius 2 is 2.19 bits per heavy atom. The molecule has 0 aliphatic heterocycles. The zero-order chi connectivity index (χ0) is 15.1. The monoisotopic (exact) mass is 350 g/mol. The summed E-state index contributed by atoms with van der Waals surface area (Å²) < 4.78 is 15.0. The molecule has 0 saturated heterocycles. The first-order valence-corrected chi connectivity index (χ1v) is 8.07. The SMILES string of the molecule is CCCNC(CCc1cccnc1)c1cc(Br)ccc1F. The summed E-state index contributed by atoms with van der Waals surface area (Å²) in [4.78, 5) is 4.13. The van der Waals surface area contributed by atoms with Crippen LogP contribution < -0.4 is 5.32 Å². The molecular formula is C17H20BrFN2. The van der Waals surface area contributed by atoms with Crippen molar-refractivity contribution in [1.82, 2.24) is 10.3 Å². The van der Waals surface area contributed by atoms with Gasteiger partial charge in [-0.3, -0.25) is 4.98 Å². The molecule has 1 N–H and O–H groups in total. The Bertz CT molecular complexity index is 560. The van der Waals surface area contributed by atoms with Gasteiger partial charge in [0.25, 0.3) is 0 Å². The quantitative estimate of drug-likeness (QED) is 0.785. The van der Waals surface area contributed by atoms with Crippen molar-refractivity contribution in [1.29, 1.82) is 0 Å². The van der Waals surface area contributed by atoms with Crippen LogP contribution in [0.5, 0.6) is 0 Å². The molecule has 21 heavy (non-hydrogen) atoms. The minimum Gasteiger partial charge on any atom is -0.310 e. The molecule has 0 spiro atoms. The molecule has 0 aliphatic rings. The molecule has 2 aromatic rings. The van der Waals surface area contributed by atoms with Crippen molar-refractivity contribution in [2.45, 2.75) is 32.2 Å². The van der Waals surface area contributed by atoms with Gasteiger partial charge in [0.15, 0.2) is 0 Å². The van der Waals surface area contributed by atoms with Gasteiger partial charge in [-0.05, 0) is 55.6 Å². The van der Waals surface area contributed by atoms with Crippen LogP contribution in [0.25, 0.3) is 0 Å². The maximum atomic E-state index is 14.1. The first-order chi connectivity index (χ1) is 10.2. The second-order valence-corrected chi connectivity index (χ2v) is 5.99. The molecule has 1 aromatic heterocycles. The Kier molecular flexibility index (Phi) is 6.33. The van der Waals surface area contributed by atoms with Crippen molar-refractivity contribution in [2.75, 3.05) is 6.54 Å². The zero-order valence-corrected chi connectivity index (χ0v) is 13.7. The number of hydrogen-bond donors (Lipinski definition) is 1. The molecule has 1 unspecified atom stereocenters.